The van der Waals surface area contributed by atoms with E-state index in [1.54, 1.807) is 0 Å². The first-order valence-corrected chi connectivity index (χ1v) is 13.6. The number of nitrogens with zero attached hydrogens (tertiary/aromatic N) is 2. The third kappa shape index (κ3) is 7.42. The molecule has 0 aromatic carbocycles. The SMILES string of the molecule is CC(=O)CC(=O)C/C(C)=N/N([Si](C)(C)C)[Si](C)(C)C. The van der Waals surface area contributed by atoms with Gasteiger partial charge in [-0.15, -0.1) is 0 Å². The second kappa shape index (κ2) is 6.61. The molecule has 0 radical (unpaired) electrons. The van der Waals surface area contributed by atoms with Crippen LogP contribution in [-0.4, -0.2) is 38.1 Å². The van der Waals surface area contributed by atoms with Crippen LogP contribution in [0.3, 0.4) is 0 Å². The molecule has 0 fully saturated rings. The van der Waals surface area contributed by atoms with E-state index in [0.717, 1.165) is 5.71 Å². The van der Waals surface area contributed by atoms with Crippen molar-refractivity contribution < 1.29 is 9.59 Å². The highest BCUT2D eigenvalue weighted by Gasteiger charge is 2.33. The quantitative estimate of drug-likeness (QED) is 0.314. The lowest BCUT2D eigenvalue weighted by atomic mass is 10.1. The van der Waals surface area contributed by atoms with Gasteiger partial charge >= 0.3 is 0 Å². The highest BCUT2D eigenvalue weighted by atomic mass is 28.4. The van der Waals surface area contributed by atoms with E-state index in [1.165, 1.54) is 6.92 Å². The highest BCUT2D eigenvalue weighted by molar-refractivity contribution is 6.89. The van der Waals surface area contributed by atoms with Gasteiger partial charge in [0.15, 0.2) is 16.5 Å². The van der Waals surface area contributed by atoms with Crippen LogP contribution in [0.25, 0.3) is 0 Å². The predicted octanol–water partition coefficient (Wildman–Crippen LogP) is 3.27. The summed E-state index contributed by atoms with van der Waals surface area (Å²) >= 11 is 0. The summed E-state index contributed by atoms with van der Waals surface area (Å²) in [5.41, 5.74) is 0.816. The Morgan fingerprint density at radius 2 is 1.32 bits per heavy atom. The van der Waals surface area contributed by atoms with E-state index < -0.39 is 16.5 Å². The molecule has 0 atom stereocenters. The van der Waals surface area contributed by atoms with Crippen molar-refractivity contribution in [1.29, 1.82) is 0 Å². The van der Waals surface area contributed by atoms with Crippen molar-refractivity contribution in [2.75, 3.05) is 0 Å². The van der Waals surface area contributed by atoms with Gasteiger partial charge in [-0.25, -0.2) is 5.10 Å². The molecule has 0 aromatic rings. The number of carbonyl (C=O) groups excluding carboxylic acids is 2. The first kappa shape index (κ1) is 18.2. The molecule has 0 aromatic heterocycles. The number of hydrogen-bond acceptors (Lipinski definition) is 4. The van der Waals surface area contributed by atoms with E-state index in [2.05, 4.69) is 43.6 Å². The standard InChI is InChI=1S/C13H28N2O2Si2/c1-11(9-13(17)10-12(2)16)14-15(18(3,4)5)19(6,7)8/h9-10H2,1-8H3/b14-11+. The molecule has 0 amide bonds. The fourth-order valence-electron chi connectivity index (χ4n) is 2.14. The lowest BCUT2D eigenvalue weighted by Crippen LogP contribution is -2.56. The number of hydrogen-bond donors (Lipinski definition) is 0. The number of carbonyl (C=O) groups is 2. The van der Waals surface area contributed by atoms with E-state index in [1.807, 2.05) is 6.92 Å². The maximum Gasteiger partial charge on any atom is 0.158 e. The van der Waals surface area contributed by atoms with Crippen LogP contribution in [0.5, 0.6) is 0 Å². The lowest BCUT2D eigenvalue weighted by Gasteiger charge is -2.41. The van der Waals surface area contributed by atoms with Crippen LogP contribution in [0.2, 0.25) is 39.3 Å². The summed E-state index contributed by atoms with van der Waals surface area (Å²) in [7, 11) is -3.08. The van der Waals surface area contributed by atoms with Gasteiger partial charge in [0.1, 0.15) is 11.6 Å². The Hall–Kier alpha value is -0.756. The third-order valence-corrected chi connectivity index (χ3v) is 9.21. The molecule has 0 spiro atoms. The Bertz CT molecular complexity index is 365. The predicted molar refractivity (Wildman–Crippen MR) is 86.6 cm³/mol. The van der Waals surface area contributed by atoms with Gasteiger partial charge < -0.3 is 4.34 Å². The maximum atomic E-state index is 11.6. The van der Waals surface area contributed by atoms with Crippen molar-refractivity contribution in [2.24, 2.45) is 5.10 Å². The zero-order chi connectivity index (χ0) is 15.4. The minimum Gasteiger partial charge on any atom is -0.350 e. The van der Waals surface area contributed by atoms with Crippen LogP contribution in [0.1, 0.15) is 26.7 Å². The smallest absolute Gasteiger partial charge is 0.158 e. The van der Waals surface area contributed by atoms with Gasteiger partial charge in [0.05, 0.1) is 6.42 Å². The van der Waals surface area contributed by atoms with Crippen LogP contribution in [0, 0.1) is 0 Å². The van der Waals surface area contributed by atoms with Crippen molar-refractivity contribution in [1.82, 2.24) is 4.34 Å². The number of ketones is 2. The molecular formula is C13H28N2O2Si2. The van der Waals surface area contributed by atoms with Gasteiger partial charge in [-0.3, -0.25) is 9.59 Å². The molecule has 4 nitrogen and oxygen atoms in total. The van der Waals surface area contributed by atoms with Crippen LogP contribution in [0.15, 0.2) is 5.10 Å². The zero-order valence-corrected chi connectivity index (χ0v) is 15.6. The summed E-state index contributed by atoms with van der Waals surface area (Å²) < 4.78 is 2.29. The summed E-state index contributed by atoms with van der Waals surface area (Å²) in [6.07, 6.45) is 0.303. The van der Waals surface area contributed by atoms with Gasteiger partial charge in [-0.2, -0.15) is 0 Å². The second-order valence-corrected chi connectivity index (χ2v) is 17.1. The van der Waals surface area contributed by atoms with Crippen molar-refractivity contribution in [3.05, 3.63) is 0 Å². The summed E-state index contributed by atoms with van der Waals surface area (Å²) in [5, 5.41) is 4.71. The largest absolute Gasteiger partial charge is 0.350 e. The molecule has 0 saturated carbocycles. The lowest BCUT2D eigenvalue weighted by molar-refractivity contribution is -0.125. The average molecular weight is 301 g/mol. The monoisotopic (exact) mass is 300 g/mol. The molecular weight excluding hydrogens is 272 g/mol. The van der Waals surface area contributed by atoms with E-state index >= 15 is 0 Å². The fraction of sp³-hybridized carbons (Fsp3) is 0.769. The van der Waals surface area contributed by atoms with E-state index in [-0.39, 0.29) is 24.4 Å². The molecule has 110 valence electrons. The summed E-state index contributed by atoms with van der Waals surface area (Å²) in [6, 6.07) is 0. The molecule has 19 heavy (non-hydrogen) atoms. The molecule has 0 N–H and O–H groups in total. The molecule has 0 bridgehead atoms. The minimum atomic E-state index is -1.54. The molecule has 0 saturated heterocycles. The molecule has 0 rings (SSSR count). The van der Waals surface area contributed by atoms with Crippen molar-refractivity contribution >= 4 is 33.7 Å². The number of Topliss-reactive ketones (excluding diaryl/α,β-unsaturated/α-hetero) is 2. The van der Waals surface area contributed by atoms with Crippen LogP contribution in [-0.2, 0) is 9.59 Å². The Labute approximate surface area is 119 Å². The summed E-state index contributed by atoms with van der Waals surface area (Å²) in [5.74, 6) is -0.120. The number of hydrazone groups is 1. The second-order valence-electron chi connectivity index (χ2n) is 7.08. The molecule has 6 heteroatoms. The van der Waals surface area contributed by atoms with E-state index in [4.69, 9.17) is 5.10 Å². The van der Waals surface area contributed by atoms with Crippen LogP contribution >= 0.6 is 0 Å². The van der Waals surface area contributed by atoms with Crippen molar-refractivity contribution in [3.8, 4) is 0 Å². The fourth-order valence-corrected chi connectivity index (χ4v) is 11.1. The Morgan fingerprint density at radius 3 is 1.63 bits per heavy atom. The Kier molecular flexibility index (Phi) is 6.34. The molecule has 0 heterocycles. The van der Waals surface area contributed by atoms with Gasteiger partial charge in [-0.1, -0.05) is 39.3 Å². The van der Waals surface area contributed by atoms with Crippen molar-refractivity contribution in [2.45, 2.75) is 66.0 Å². The Balaban J connectivity index is 4.96. The summed E-state index contributed by atoms with van der Waals surface area (Å²) in [4.78, 5) is 22.6. The van der Waals surface area contributed by atoms with Gasteiger partial charge in [0.25, 0.3) is 0 Å². The highest BCUT2D eigenvalue weighted by Crippen LogP contribution is 2.20. The number of rotatable bonds is 7. The minimum absolute atomic E-state index is 0.0206. The van der Waals surface area contributed by atoms with Gasteiger partial charge in [-0.05, 0) is 13.8 Å². The zero-order valence-electron chi connectivity index (χ0n) is 13.6. The first-order valence-electron chi connectivity index (χ1n) is 6.69. The molecule has 0 aliphatic heterocycles. The van der Waals surface area contributed by atoms with Crippen molar-refractivity contribution in [3.63, 3.8) is 0 Å². The third-order valence-electron chi connectivity index (χ3n) is 2.44. The Morgan fingerprint density at radius 1 is 0.895 bits per heavy atom. The summed E-state index contributed by atoms with van der Waals surface area (Å²) in [6.45, 7) is 16.9. The molecule has 0 aliphatic carbocycles. The average Bonchev–Trinajstić information content (AvgIpc) is 2.08. The van der Waals surface area contributed by atoms with E-state index in [0.29, 0.717) is 0 Å². The van der Waals surface area contributed by atoms with Crippen LogP contribution in [0.4, 0.5) is 0 Å². The topological polar surface area (TPSA) is 49.7 Å². The van der Waals surface area contributed by atoms with Gasteiger partial charge in [0.2, 0.25) is 0 Å². The normalized spacial score (nSPS) is 13.4. The van der Waals surface area contributed by atoms with E-state index in [9.17, 15) is 9.59 Å². The van der Waals surface area contributed by atoms with Gasteiger partial charge in [0, 0.05) is 12.1 Å². The maximum absolute atomic E-state index is 11.6. The first-order chi connectivity index (χ1) is 8.34. The molecule has 0 unspecified atom stereocenters. The molecule has 0 aliphatic rings. The van der Waals surface area contributed by atoms with Crippen LogP contribution < -0.4 is 0 Å².